The van der Waals surface area contributed by atoms with E-state index in [1.54, 1.807) is 12.1 Å². The molecule has 0 radical (unpaired) electrons. The highest BCUT2D eigenvalue weighted by atomic mass is 16.5. The largest absolute Gasteiger partial charge is 0.397 e. The van der Waals surface area contributed by atoms with Crippen molar-refractivity contribution in [1.82, 2.24) is 0 Å². The molecule has 4 heteroatoms. The minimum atomic E-state index is 0.595. The summed E-state index contributed by atoms with van der Waals surface area (Å²) in [7, 11) is 0. The number of rotatable bonds is 4. The van der Waals surface area contributed by atoms with Gasteiger partial charge >= 0.3 is 0 Å². The van der Waals surface area contributed by atoms with Crippen LogP contribution in [0.25, 0.3) is 0 Å². The SMILES string of the molecule is N#Cc1ccc(NCCC2CCOC2)c(N)c1. The van der Waals surface area contributed by atoms with E-state index in [9.17, 15) is 0 Å². The number of nitriles is 1. The van der Waals surface area contributed by atoms with Crippen LogP contribution in [0.4, 0.5) is 11.4 Å². The number of nitrogens with one attached hydrogen (secondary N) is 1. The van der Waals surface area contributed by atoms with Crippen LogP contribution in [0.3, 0.4) is 0 Å². The van der Waals surface area contributed by atoms with Gasteiger partial charge in [0.1, 0.15) is 0 Å². The smallest absolute Gasteiger partial charge is 0.0992 e. The fourth-order valence-corrected chi connectivity index (χ4v) is 2.02. The monoisotopic (exact) mass is 231 g/mol. The summed E-state index contributed by atoms with van der Waals surface area (Å²) in [5, 5.41) is 12.0. The number of anilines is 2. The van der Waals surface area contributed by atoms with Crippen molar-refractivity contribution in [1.29, 1.82) is 5.26 Å². The summed E-state index contributed by atoms with van der Waals surface area (Å²) < 4.78 is 5.33. The van der Waals surface area contributed by atoms with Crippen LogP contribution < -0.4 is 11.1 Å². The molecule has 0 aliphatic carbocycles. The number of nitrogens with two attached hydrogens (primary N) is 1. The maximum atomic E-state index is 8.73. The Morgan fingerprint density at radius 3 is 3.06 bits per heavy atom. The van der Waals surface area contributed by atoms with E-state index in [1.165, 1.54) is 0 Å². The van der Waals surface area contributed by atoms with Crippen LogP contribution >= 0.6 is 0 Å². The predicted molar refractivity (Wildman–Crippen MR) is 67.6 cm³/mol. The van der Waals surface area contributed by atoms with E-state index >= 15 is 0 Å². The number of benzene rings is 1. The molecule has 1 aliphatic heterocycles. The zero-order chi connectivity index (χ0) is 12.1. The van der Waals surface area contributed by atoms with Crippen molar-refractivity contribution < 1.29 is 4.74 Å². The van der Waals surface area contributed by atoms with Gasteiger partial charge < -0.3 is 15.8 Å². The van der Waals surface area contributed by atoms with Crippen molar-refractivity contribution in [3.63, 3.8) is 0 Å². The lowest BCUT2D eigenvalue weighted by Crippen LogP contribution is -2.10. The minimum Gasteiger partial charge on any atom is -0.397 e. The van der Waals surface area contributed by atoms with Crippen molar-refractivity contribution in [3.05, 3.63) is 23.8 Å². The molecule has 17 heavy (non-hydrogen) atoms. The van der Waals surface area contributed by atoms with Crippen LogP contribution in [0, 0.1) is 17.2 Å². The Morgan fingerprint density at radius 2 is 2.41 bits per heavy atom. The van der Waals surface area contributed by atoms with Crippen molar-refractivity contribution in [3.8, 4) is 6.07 Å². The molecule has 0 spiro atoms. The van der Waals surface area contributed by atoms with Crippen molar-refractivity contribution in [2.45, 2.75) is 12.8 Å². The van der Waals surface area contributed by atoms with Gasteiger partial charge in [0.25, 0.3) is 0 Å². The van der Waals surface area contributed by atoms with Gasteiger partial charge in [-0.2, -0.15) is 5.26 Å². The van der Waals surface area contributed by atoms with Gasteiger partial charge in [-0.25, -0.2) is 0 Å². The molecule has 0 saturated carbocycles. The minimum absolute atomic E-state index is 0.595. The van der Waals surface area contributed by atoms with Crippen molar-refractivity contribution in [2.24, 2.45) is 5.92 Å². The molecule has 1 aliphatic rings. The molecule has 0 amide bonds. The summed E-state index contributed by atoms with van der Waals surface area (Å²) >= 11 is 0. The van der Waals surface area contributed by atoms with Crippen molar-refractivity contribution in [2.75, 3.05) is 30.8 Å². The number of hydrogen-bond acceptors (Lipinski definition) is 4. The molecule has 0 bridgehead atoms. The summed E-state index contributed by atoms with van der Waals surface area (Å²) in [4.78, 5) is 0. The third-order valence-electron chi connectivity index (χ3n) is 3.07. The Kier molecular flexibility index (Phi) is 3.84. The molecule has 3 N–H and O–H groups in total. The number of nitrogen functional groups attached to an aromatic ring is 1. The van der Waals surface area contributed by atoms with Crippen LogP contribution in [0.1, 0.15) is 18.4 Å². The number of nitrogens with zero attached hydrogens (tertiary/aromatic N) is 1. The molecule has 0 aromatic heterocycles. The maximum Gasteiger partial charge on any atom is 0.0992 e. The van der Waals surface area contributed by atoms with E-state index in [0.29, 0.717) is 17.2 Å². The molecule has 90 valence electrons. The number of ether oxygens (including phenoxy) is 1. The lowest BCUT2D eigenvalue weighted by molar-refractivity contribution is 0.185. The fraction of sp³-hybridized carbons (Fsp3) is 0.462. The first-order chi connectivity index (χ1) is 8.29. The third-order valence-corrected chi connectivity index (χ3v) is 3.07. The van der Waals surface area contributed by atoms with Gasteiger partial charge in [0.2, 0.25) is 0 Å². The Balaban J connectivity index is 1.84. The van der Waals surface area contributed by atoms with Gasteiger partial charge in [0.15, 0.2) is 0 Å². The molecule has 1 atom stereocenters. The molecule has 1 aromatic carbocycles. The van der Waals surface area contributed by atoms with Crippen LogP contribution in [0.15, 0.2) is 18.2 Å². The molecule has 2 rings (SSSR count). The summed E-state index contributed by atoms with van der Waals surface area (Å²) in [6.07, 6.45) is 2.25. The normalized spacial score (nSPS) is 18.9. The molecular weight excluding hydrogens is 214 g/mol. The van der Waals surface area contributed by atoms with Gasteiger partial charge in [-0.15, -0.1) is 0 Å². The second kappa shape index (κ2) is 5.55. The van der Waals surface area contributed by atoms with E-state index in [-0.39, 0.29) is 0 Å². The first-order valence-corrected chi connectivity index (χ1v) is 5.91. The Labute approximate surface area is 101 Å². The van der Waals surface area contributed by atoms with E-state index < -0.39 is 0 Å². The Hall–Kier alpha value is -1.73. The summed E-state index contributed by atoms with van der Waals surface area (Å²) in [5.41, 5.74) is 7.98. The highest BCUT2D eigenvalue weighted by Crippen LogP contribution is 2.21. The molecule has 1 fully saturated rings. The van der Waals surface area contributed by atoms with Gasteiger partial charge in [-0.05, 0) is 37.0 Å². The average molecular weight is 231 g/mol. The molecule has 1 aromatic rings. The lowest BCUT2D eigenvalue weighted by Gasteiger charge is -2.11. The highest BCUT2D eigenvalue weighted by Gasteiger charge is 2.14. The van der Waals surface area contributed by atoms with E-state index in [0.717, 1.165) is 38.3 Å². The van der Waals surface area contributed by atoms with Gasteiger partial charge in [-0.1, -0.05) is 0 Å². The molecule has 1 unspecified atom stereocenters. The van der Waals surface area contributed by atoms with Crippen LogP contribution in [0.5, 0.6) is 0 Å². The first-order valence-electron chi connectivity index (χ1n) is 5.91. The maximum absolute atomic E-state index is 8.73. The van der Waals surface area contributed by atoms with E-state index in [1.807, 2.05) is 6.07 Å². The molecule has 4 nitrogen and oxygen atoms in total. The number of hydrogen-bond donors (Lipinski definition) is 2. The lowest BCUT2D eigenvalue weighted by atomic mass is 10.1. The molecular formula is C13H17N3O. The summed E-state index contributed by atoms with van der Waals surface area (Å²) in [6.45, 7) is 2.67. The summed E-state index contributed by atoms with van der Waals surface area (Å²) in [6, 6.07) is 7.40. The van der Waals surface area contributed by atoms with E-state index in [2.05, 4.69) is 11.4 Å². The Bertz CT molecular complexity index is 419. The topological polar surface area (TPSA) is 71.1 Å². The average Bonchev–Trinajstić information content (AvgIpc) is 2.84. The Morgan fingerprint density at radius 1 is 1.53 bits per heavy atom. The van der Waals surface area contributed by atoms with Gasteiger partial charge in [0, 0.05) is 19.8 Å². The third kappa shape index (κ3) is 3.11. The molecule has 1 heterocycles. The second-order valence-corrected chi connectivity index (χ2v) is 4.36. The highest BCUT2D eigenvalue weighted by molar-refractivity contribution is 5.68. The van der Waals surface area contributed by atoms with Crippen LogP contribution in [-0.4, -0.2) is 19.8 Å². The van der Waals surface area contributed by atoms with Crippen LogP contribution in [0.2, 0.25) is 0 Å². The van der Waals surface area contributed by atoms with Gasteiger partial charge in [-0.3, -0.25) is 0 Å². The van der Waals surface area contributed by atoms with E-state index in [4.69, 9.17) is 15.7 Å². The quantitative estimate of drug-likeness (QED) is 0.777. The fourth-order valence-electron chi connectivity index (χ4n) is 2.02. The predicted octanol–water partition coefficient (Wildman–Crippen LogP) is 1.98. The standard InChI is InChI=1S/C13H17N3O/c14-8-11-1-2-13(12(15)7-11)16-5-3-10-4-6-17-9-10/h1-2,7,10,16H,3-6,9,15H2. The van der Waals surface area contributed by atoms with Crippen molar-refractivity contribution >= 4 is 11.4 Å². The summed E-state index contributed by atoms with van der Waals surface area (Å²) in [5.74, 6) is 0.669. The van der Waals surface area contributed by atoms with Gasteiger partial charge in [0.05, 0.1) is 23.0 Å². The second-order valence-electron chi connectivity index (χ2n) is 4.36. The zero-order valence-corrected chi connectivity index (χ0v) is 9.78. The first kappa shape index (κ1) is 11.7. The van der Waals surface area contributed by atoms with Crippen LogP contribution in [-0.2, 0) is 4.74 Å². The zero-order valence-electron chi connectivity index (χ0n) is 9.78. The molecule has 1 saturated heterocycles.